The van der Waals surface area contributed by atoms with E-state index in [1.165, 1.54) is 5.56 Å². The van der Waals surface area contributed by atoms with E-state index < -0.39 is 0 Å². The molecule has 1 unspecified atom stereocenters. The van der Waals surface area contributed by atoms with Gasteiger partial charge >= 0.3 is 0 Å². The number of benzene rings is 1. The van der Waals surface area contributed by atoms with Crippen molar-refractivity contribution < 1.29 is 14.3 Å². The molecule has 1 aromatic carbocycles. The third kappa shape index (κ3) is 4.09. The van der Waals surface area contributed by atoms with Crippen molar-refractivity contribution in [2.45, 2.75) is 83.1 Å². The minimum absolute atomic E-state index is 0.214. The summed E-state index contributed by atoms with van der Waals surface area (Å²) in [5, 5.41) is 0. The molecule has 0 spiro atoms. The van der Waals surface area contributed by atoms with E-state index in [1.54, 1.807) is 6.92 Å². The van der Waals surface area contributed by atoms with Gasteiger partial charge in [-0.15, -0.1) is 0 Å². The van der Waals surface area contributed by atoms with Gasteiger partial charge in [0.05, 0.1) is 18.6 Å². The molecule has 5 nitrogen and oxygen atoms in total. The molecule has 3 fully saturated rings. The second kappa shape index (κ2) is 8.24. The summed E-state index contributed by atoms with van der Waals surface area (Å²) >= 11 is 0. The molecule has 28 heavy (non-hydrogen) atoms. The van der Waals surface area contributed by atoms with E-state index in [0.717, 1.165) is 57.2 Å². The van der Waals surface area contributed by atoms with Gasteiger partial charge in [-0.25, -0.2) is 0 Å². The van der Waals surface area contributed by atoms with E-state index in [1.807, 2.05) is 23.1 Å². The Balaban J connectivity index is 1.24. The normalized spacial score (nSPS) is 27.9. The second-order valence-electron chi connectivity index (χ2n) is 8.72. The van der Waals surface area contributed by atoms with Crippen molar-refractivity contribution in [3.05, 3.63) is 35.4 Å². The second-order valence-corrected chi connectivity index (χ2v) is 8.72. The number of piperidine rings is 2. The molecular formula is C23H32N2O3. The van der Waals surface area contributed by atoms with Crippen molar-refractivity contribution in [1.82, 2.24) is 9.80 Å². The van der Waals surface area contributed by atoms with Crippen LogP contribution in [-0.2, 0) is 20.7 Å². The number of likely N-dealkylation sites (tertiary alicyclic amines) is 1. The van der Waals surface area contributed by atoms with E-state index >= 15 is 0 Å². The summed E-state index contributed by atoms with van der Waals surface area (Å²) in [6.45, 7) is 5.33. The molecule has 3 aliphatic rings. The van der Waals surface area contributed by atoms with Gasteiger partial charge in [0.25, 0.3) is 0 Å². The molecular weight excluding hydrogens is 352 g/mol. The van der Waals surface area contributed by atoms with Gasteiger partial charge in [-0.05, 0) is 56.6 Å². The molecule has 3 aliphatic heterocycles. The summed E-state index contributed by atoms with van der Waals surface area (Å²) in [5.74, 6) is 0.437. The van der Waals surface area contributed by atoms with E-state index in [9.17, 15) is 9.59 Å². The number of carbonyl (C=O) groups is 2. The van der Waals surface area contributed by atoms with Crippen LogP contribution in [0.4, 0.5) is 0 Å². The summed E-state index contributed by atoms with van der Waals surface area (Å²) in [7, 11) is 0. The Morgan fingerprint density at radius 1 is 1.00 bits per heavy atom. The lowest BCUT2D eigenvalue weighted by molar-refractivity contribution is -0.139. The molecule has 3 heterocycles. The van der Waals surface area contributed by atoms with Gasteiger partial charge in [0.1, 0.15) is 0 Å². The smallest absolute Gasteiger partial charge is 0.227 e. The third-order valence-corrected chi connectivity index (χ3v) is 6.84. The highest BCUT2D eigenvalue weighted by molar-refractivity contribution is 5.79. The number of aryl methyl sites for hydroxylation is 1. The first kappa shape index (κ1) is 19.4. The topological polar surface area (TPSA) is 49.9 Å². The van der Waals surface area contributed by atoms with Crippen molar-refractivity contribution >= 4 is 11.8 Å². The van der Waals surface area contributed by atoms with E-state index in [0.29, 0.717) is 18.5 Å². The van der Waals surface area contributed by atoms with Crippen LogP contribution in [0.3, 0.4) is 0 Å². The maximum atomic E-state index is 12.7. The van der Waals surface area contributed by atoms with Crippen LogP contribution in [0.25, 0.3) is 0 Å². The molecule has 4 rings (SSSR count). The van der Waals surface area contributed by atoms with Gasteiger partial charge in [0.15, 0.2) is 0 Å². The van der Waals surface area contributed by atoms with Crippen molar-refractivity contribution in [1.29, 1.82) is 0 Å². The van der Waals surface area contributed by atoms with Gasteiger partial charge in [0.2, 0.25) is 11.8 Å². The van der Waals surface area contributed by atoms with Gasteiger partial charge in [0, 0.05) is 32.1 Å². The summed E-state index contributed by atoms with van der Waals surface area (Å²) < 4.78 is 6.43. The Labute approximate surface area is 168 Å². The van der Waals surface area contributed by atoms with Crippen LogP contribution in [0.15, 0.2) is 24.3 Å². The fourth-order valence-electron chi connectivity index (χ4n) is 5.35. The average Bonchev–Trinajstić information content (AvgIpc) is 2.96. The Bertz CT molecular complexity index is 712. The molecule has 1 aromatic rings. The zero-order chi connectivity index (χ0) is 19.7. The van der Waals surface area contributed by atoms with Gasteiger partial charge in [-0.3, -0.25) is 9.59 Å². The quantitative estimate of drug-likeness (QED) is 0.802. The highest BCUT2D eigenvalue weighted by atomic mass is 16.5. The summed E-state index contributed by atoms with van der Waals surface area (Å²) in [6.07, 6.45) is 7.04. The lowest BCUT2D eigenvalue weighted by atomic mass is 9.98. The molecule has 3 saturated heterocycles. The maximum Gasteiger partial charge on any atom is 0.227 e. The molecule has 0 aromatic heterocycles. The molecule has 0 N–H and O–H groups in total. The van der Waals surface area contributed by atoms with E-state index in [2.05, 4.69) is 17.9 Å². The molecule has 152 valence electrons. The highest BCUT2D eigenvalue weighted by Gasteiger charge is 2.43. The molecule has 2 amide bonds. The minimum atomic E-state index is 0.214. The zero-order valence-electron chi connectivity index (χ0n) is 17.1. The predicted octanol–water partition coefficient (Wildman–Crippen LogP) is 3.09. The van der Waals surface area contributed by atoms with E-state index in [-0.39, 0.29) is 24.0 Å². The molecule has 5 heteroatoms. The number of hydrogen-bond acceptors (Lipinski definition) is 3. The van der Waals surface area contributed by atoms with Gasteiger partial charge in [-0.2, -0.15) is 0 Å². The summed E-state index contributed by atoms with van der Waals surface area (Å²) in [4.78, 5) is 28.6. The van der Waals surface area contributed by atoms with Crippen LogP contribution in [-0.4, -0.2) is 59.0 Å². The van der Waals surface area contributed by atoms with Crippen LogP contribution < -0.4 is 0 Å². The number of rotatable bonds is 4. The Morgan fingerprint density at radius 2 is 1.64 bits per heavy atom. The largest absolute Gasteiger partial charge is 0.375 e. The van der Waals surface area contributed by atoms with Crippen LogP contribution in [0.1, 0.15) is 56.6 Å². The number of ether oxygens (including phenoxy) is 1. The zero-order valence-corrected chi connectivity index (χ0v) is 17.1. The number of fused-ring (bicyclic) bond motifs is 2. The van der Waals surface area contributed by atoms with Crippen LogP contribution in [0.5, 0.6) is 0 Å². The number of nitrogens with zero attached hydrogens (tertiary/aromatic N) is 2. The molecule has 0 saturated carbocycles. The lowest BCUT2D eigenvalue weighted by Crippen LogP contribution is -2.49. The van der Waals surface area contributed by atoms with E-state index in [4.69, 9.17) is 4.74 Å². The van der Waals surface area contributed by atoms with Crippen LogP contribution in [0, 0.1) is 6.92 Å². The Kier molecular flexibility index (Phi) is 5.72. The summed E-state index contributed by atoms with van der Waals surface area (Å²) in [5.41, 5.74) is 2.30. The first-order valence-corrected chi connectivity index (χ1v) is 10.8. The number of hydrogen-bond donors (Lipinski definition) is 0. The molecule has 0 aliphatic carbocycles. The summed E-state index contributed by atoms with van der Waals surface area (Å²) in [6, 6.07) is 8.87. The van der Waals surface area contributed by atoms with Crippen LogP contribution in [0.2, 0.25) is 0 Å². The van der Waals surface area contributed by atoms with Crippen molar-refractivity contribution in [2.75, 3.05) is 13.1 Å². The minimum Gasteiger partial charge on any atom is -0.375 e. The molecule has 2 bridgehead atoms. The van der Waals surface area contributed by atoms with Crippen molar-refractivity contribution in [3.63, 3.8) is 0 Å². The number of carbonyl (C=O) groups excluding carboxylic acids is 2. The lowest BCUT2D eigenvalue weighted by Gasteiger charge is -2.41. The van der Waals surface area contributed by atoms with Gasteiger partial charge < -0.3 is 14.5 Å². The third-order valence-electron chi connectivity index (χ3n) is 6.84. The first-order valence-electron chi connectivity index (χ1n) is 10.8. The average molecular weight is 385 g/mol. The monoisotopic (exact) mass is 384 g/mol. The Hall–Kier alpha value is -1.88. The predicted molar refractivity (Wildman–Crippen MR) is 108 cm³/mol. The Morgan fingerprint density at radius 3 is 2.25 bits per heavy atom. The SMILES string of the molecule is CC(=O)N1[C@@H]2CC[C@H]1CC(OC1CCN(C(=O)Cc3ccccc3C)CC1)C2. The van der Waals surface area contributed by atoms with Crippen LogP contribution >= 0.6 is 0 Å². The van der Waals surface area contributed by atoms with Gasteiger partial charge in [-0.1, -0.05) is 24.3 Å². The molecule has 3 atom stereocenters. The maximum absolute atomic E-state index is 12.7. The fraction of sp³-hybridized carbons (Fsp3) is 0.652. The fourth-order valence-corrected chi connectivity index (χ4v) is 5.35. The first-order chi connectivity index (χ1) is 13.5. The highest BCUT2D eigenvalue weighted by Crippen LogP contribution is 2.37. The van der Waals surface area contributed by atoms with Crippen molar-refractivity contribution in [2.24, 2.45) is 0 Å². The standard InChI is InChI=1S/C23H32N2O3/c1-16-5-3-4-6-18(16)13-23(27)24-11-9-21(10-12-24)28-22-14-19-7-8-20(15-22)25(19)17(2)26/h3-6,19-22H,7-15H2,1-2H3/t19-,20+,22?. The van der Waals surface area contributed by atoms with Crippen molar-refractivity contribution in [3.8, 4) is 0 Å². The molecule has 0 radical (unpaired) electrons. The number of amides is 2.